The third-order valence-electron chi connectivity index (χ3n) is 5.64. The van der Waals surface area contributed by atoms with E-state index in [0.29, 0.717) is 11.8 Å². The fourth-order valence-electron chi connectivity index (χ4n) is 3.75. The Balaban J connectivity index is 1.35. The van der Waals surface area contributed by atoms with Gasteiger partial charge in [0.25, 0.3) is 0 Å². The van der Waals surface area contributed by atoms with Crippen LogP contribution in [0.2, 0.25) is 0 Å². The van der Waals surface area contributed by atoms with Crippen molar-refractivity contribution < 1.29 is 4.74 Å². The third kappa shape index (κ3) is 5.49. The van der Waals surface area contributed by atoms with E-state index in [2.05, 4.69) is 48.8 Å². The molecule has 34 heavy (non-hydrogen) atoms. The molecule has 9 heteroatoms. The second kappa shape index (κ2) is 10.1. The van der Waals surface area contributed by atoms with E-state index < -0.39 is 0 Å². The number of hydrogen-bond acceptors (Lipinski definition) is 8. The summed E-state index contributed by atoms with van der Waals surface area (Å²) in [6.07, 6.45) is 3.72. The Morgan fingerprint density at radius 3 is 2.38 bits per heavy atom. The second-order valence-corrected chi connectivity index (χ2v) is 9.10. The lowest BCUT2D eigenvalue weighted by Crippen LogP contribution is -2.44. The number of anilines is 2. The largest absolute Gasteiger partial charge is 0.439 e. The summed E-state index contributed by atoms with van der Waals surface area (Å²) in [7, 11) is 4.05. The van der Waals surface area contributed by atoms with Crippen molar-refractivity contribution in [3.8, 4) is 22.9 Å². The van der Waals surface area contributed by atoms with Gasteiger partial charge >= 0.3 is 0 Å². The molecule has 0 spiro atoms. The van der Waals surface area contributed by atoms with Crippen molar-refractivity contribution in [3.63, 3.8) is 0 Å². The summed E-state index contributed by atoms with van der Waals surface area (Å²) in [5, 5.41) is 4.20. The number of ether oxygens (including phenoxy) is 1. The van der Waals surface area contributed by atoms with Crippen LogP contribution in [0.1, 0.15) is 0 Å². The van der Waals surface area contributed by atoms with E-state index >= 15 is 0 Å². The highest BCUT2D eigenvalue weighted by atomic mass is 32.2. The molecule has 0 radical (unpaired) electrons. The normalized spacial score (nSPS) is 14.2. The maximum Gasteiger partial charge on any atom is 0.237 e. The Morgan fingerprint density at radius 2 is 1.68 bits per heavy atom. The van der Waals surface area contributed by atoms with Crippen LogP contribution in [0.15, 0.2) is 78.0 Å². The van der Waals surface area contributed by atoms with Gasteiger partial charge in [0.1, 0.15) is 5.75 Å². The van der Waals surface area contributed by atoms with E-state index in [-0.39, 0.29) is 0 Å². The predicted molar refractivity (Wildman–Crippen MR) is 136 cm³/mol. The summed E-state index contributed by atoms with van der Waals surface area (Å²) < 4.78 is 11.1. The van der Waals surface area contributed by atoms with Gasteiger partial charge in [0.05, 0.1) is 16.8 Å². The zero-order valence-electron chi connectivity index (χ0n) is 19.3. The Bertz CT molecular complexity index is 1220. The summed E-state index contributed by atoms with van der Waals surface area (Å²) in [6, 6.07) is 20.1. The smallest absolute Gasteiger partial charge is 0.237 e. The number of likely N-dealkylation sites (N-methyl/N-ethyl adjacent to an activating group) is 1. The quantitative estimate of drug-likeness (QED) is 0.392. The molecule has 2 aromatic carbocycles. The van der Waals surface area contributed by atoms with Crippen LogP contribution in [0.5, 0.6) is 11.6 Å². The van der Waals surface area contributed by atoms with Gasteiger partial charge < -0.3 is 14.5 Å². The molecule has 4 aromatic rings. The van der Waals surface area contributed by atoms with Crippen LogP contribution in [0.3, 0.4) is 0 Å². The van der Waals surface area contributed by atoms with Crippen LogP contribution in [0, 0.1) is 0 Å². The zero-order chi connectivity index (χ0) is 23.3. The molecule has 1 saturated heterocycles. The molecule has 1 N–H and O–H groups in total. The second-order valence-electron chi connectivity index (χ2n) is 8.22. The highest BCUT2D eigenvalue weighted by Crippen LogP contribution is 2.29. The van der Waals surface area contributed by atoms with Crippen LogP contribution < -0.4 is 14.4 Å². The van der Waals surface area contributed by atoms with Gasteiger partial charge in [-0.05, 0) is 43.3 Å². The van der Waals surface area contributed by atoms with E-state index in [1.165, 1.54) is 17.6 Å². The van der Waals surface area contributed by atoms with Crippen LogP contribution in [0.4, 0.5) is 11.6 Å². The number of nitrogens with zero attached hydrogens (tertiary/aromatic N) is 6. The highest BCUT2D eigenvalue weighted by molar-refractivity contribution is 8.00. The molecule has 0 atom stereocenters. The van der Waals surface area contributed by atoms with Crippen molar-refractivity contribution in [2.45, 2.75) is 4.90 Å². The lowest BCUT2D eigenvalue weighted by Gasteiger charge is -2.34. The maximum absolute atomic E-state index is 6.15. The van der Waals surface area contributed by atoms with Crippen LogP contribution in [-0.2, 0) is 7.05 Å². The van der Waals surface area contributed by atoms with E-state index in [0.717, 1.165) is 48.1 Å². The number of nitrogens with one attached hydrogen (secondary N) is 1. The molecular weight excluding hydrogens is 446 g/mol. The number of benzene rings is 2. The van der Waals surface area contributed by atoms with Crippen molar-refractivity contribution in [2.24, 2.45) is 7.05 Å². The van der Waals surface area contributed by atoms with E-state index in [1.807, 2.05) is 61.8 Å². The molecule has 0 bridgehead atoms. The van der Waals surface area contributed by atoms with Crippen molar-refractivity contribution in [1.82, 2.24) is 24.6 Å². The minimum absolute atomic E-state index is 0.472. The standard InChI is InChI=1S/C25H27N7OS/c1-30-12-14-32(15-13-30)20-8-10-21(11-9-20)33-24-16-23(19-6-4-3-5-7-19)27-25(28-24)29-34-22-17-26-31(2)18-22/h3-11,16-18H,12-15H2,1-2H3,(H,27,28,29). The summed E-state index contributed by atoms with van der Waals surface area (Å²) in [5.41, 5.74) is 2.99. The SMILES string of the molecule is CN1CCN(c2ccc(Oc3cc(-c4ccccc4)nc(NSc4cnn(C)c4)n3)cc2)CC1. The summed E-state index contributed by atoms with van der Waals surface area (Å²) >= 11 is 1.41. The van der Waals surface area contributed by atoms with Crippen molar-refractivity contribution in [2.75, 3.05) is 42.8 Å². The van der Waals surface area contributed by atoms with Crippen molar-refractivity contribution >= 4 is 23.6 Å². The molecule has 0 unspecified atom stereocenters. The summed E-state index contributed by atoms with van der Waals surface area (Å²) in [4.78, 5) is 15.0. The molecule has 2 aromatic heterocycles. The highest BCUT2D eigenvalue weighted by Gasteiger charge is 2.15. The number of aromatic nitrogens is 4. The lowest BCUT2D eigenvalue weighted by atomic mass is 10.1. The number of piperazine rings is 1. The molecule has 0 aliphatic carbocycles. The van der Waals surface area contributed by atoms with E-state index in [1.54, 1.807) is 10.9 Å². The van der Waals surface area contributed by atoms with Gasteiger partial charge in [-0.2, -0.15) is 10.1 Å². The monoisotopic (exact) mass is 473 g/mol. The number of aryl methyl sites for hydroxylation is 1. The molecule has 1 aliphatic heterocycles. The summed E-state index contributed by atoms with van der Waals surface area (Å²) in [6.45, 7) is 4.22. The fourth-order valence-corrected chi connectivity index (χ4v) is 4.35. The average Bonchev–Trinajstić information content (AvgIpc) is 3.29. The third-order valence-corrected chi connectivity index (χ3v) is 6.37. The Morgan fingerprint density at radius 1 is 0.912 bits per heavy atom. The molecule has 174 valence electrons. The van der Waals surface area contributed by atoms with Crippen LogP contribution in [0.25, 0.3) is 11.3 Å². The van der Waals surface area contributed by atoms with Gasteiger partial charge in [-0.3, -0.25) is 9.40 Å². The van der Waals surface area contributed by atoms with Gasteiger partial charge in [0.15, 0.2) is 0 Å². The van der Waals surface area contributed by atoms with Crippen LogP contribution >= 0.6 is 11.9 Å². The van der Waals surface area contributed by atoms with Gasteiger partial charge in [-0.15, -0.1) is 0 Å². The van der Waals surface area contributed by atoms with Crippen molar-refractivity contribution in [3.05, 3.63) is 73.1 Å². The topological polar surface area (TPSA) is 71.3 Å². The van der Waals surface area contributed by atoms with Gasteiger partial charge in [-0.1, -0.05) is 30.3 Å². The minimum Gasteiger partial charge on any atom is -0.439 e. The number of hydrogen-bond donors (Lipinski definition) is 1. The first kappa shape index (κ1) is 22.2. The fraction of sp³-hybridized carbons (Fsp3) is 0.240. The first-order chi connectivity index (χ1) is 16.6. The molecular formula is C25H27N7OS. The van der Waals surface area contributed by atoms with Crippen molar-refractivity contribution in [1.29, 1.82) is 0 Å². The first-order valence-corrected chi connectivity index (χ1v) is 12.0. The lowest BCUT2D eigenvalue weighted by molar-refractivity contribution is 0.313. The number of rotatable bonds is 7. The van der Waals surface area contributed by atoms with E-state index in [4.69, 9.17) is 4.74 Å². The molecule has 3 heterocycles. The first-order valence-electron chi connectivity index (χ1n) is 11.2. The zero-order valence-corrected chi connectivity index (χ0v) is 20.1. The average molecular weight is 474 g/mol. The molecule has 8 nitrogen and oxygen atoms in total. The van der Waals surface area contributed by atoms with Gasteiger partial charge in [0.2, 0.25) is 11.8 Å². The van der Waals surface area contributed by atoms with E-state index in [9.17, 15) is 0 Å². The molecule has 1 fully saturated rings. The predicted octanol–water partition coefficient (Wildman–Crippen LogP) is 4.54. The summed E-state index contributed by atoms with van der Waals surface area (Å²) in [5.74, 6) is 1.69. The van der Waals surface area contributed by atoms with Gasteiger partial charge in [0, 0.05) is 56.7 Å². The minimum atomic E-state index is 0.472. The Hall–Kier alpha value is -3.56. The maximum atomic E-state index is 6.15. The molecule has 1 aliphatic rings. The van der Waals surface area contributed by atoms with Gasteiger partial charge in [-0.25, -0.2) is 4.98 Å². The Labute approximate surface area is 203 Å². The molecule has 5 rings (SSSR count). The van der Waals surface area contributed by atoms with Crippen LogP contribution in [-0.4, -0.2) is 57.9 Å². The Kier molecular flexibility index (Phi) is 6.64. The molecule has 0 saturated carbocycles. The molecule has 0 amide bonds.